The minimum atomic E-state index is 0.308. The van der Waals surface area contributed by atoms with Crippen molar-refractivity contribution in [3.05, 3.63) is 27.8 Å². The highest BCUT2D eigenvalue weighted by Gasteiger charge is 2.22. The predicted molar refractivity (Wildman–Crippen MR) is 70.7 cm³/mol. The predicted octanol–water partition coefficient (Wildman–Crippen LogP) is 2.34. The summed E-state index contributed by atoms with van der Waals surface area (Å²) in [5, 5.41) is 16.5. The minimum Gasteiger partial charge on any atom is -0.407 e. The van der Waals surface area contributed by atoms with E-state index in [4.69, 9.17) is 4.42 Å². The third-order valence-electron chi connectivity index (χ3n) is 3.14. The van der Waals surface area contributed by atoms with E-state index in [1.54, 1.807) is 0 Å². The number of rotatable bonds is 4. The molecule has 0 amide bonds. The van der Waals surface area contributed by atoms with Crippen LogP contribution in [0.4, 0.5) is 6.01 Å². The van der Waals surface area contributed by atoms with Crippen molar-refractivity contribution in [1.29, 1.82) is 0 Å². The molecule has 0 saturated carbocycles. The third kappa shape index (κ3) is 2.26. The van der Waals surface area contributed by atoms with Gasteiger partial charge in [-0.05, 0) is 43.3 Å². The lowest BCUT2D eigenvalue weighted by Crippen LogP contribution is -2.15. The Morgan fingerprint density at radius 2 is 2.44 bits per heavy atom. The lowest BCUT2D eigenvalue weighted by atomic mass is 9.94. The van der Waals surface area contributed by atoms with E-state index in [1.807, 2.05) is 18.4 Å². The molecule has 18 heavy (non-hydrogen) atoms. The molecule has 0 aromatic carbocycles. The Balaban J connectivity index is 1.73. The van der Waals surface area contributed by atoms with Gasteiger partial charge < -0.3 is 15.1 Å². The van der Waals surface area contributed by atoms with Gasteiger partial charge in [0.05, 0.1) is 12.6 Å². The second-order valence-electron chi connectivity index (χ2n) is 4.42. The van der Waals surface area contributed by atoms with Crippen LogP contribution in [0.15, 0.2) is 15.9 Å². The number of fused-ring (bicyclic) bond motifs is 1. The molecule has 2 aromatic heterocycles. The molecule has 0 fully saturated rings. The molecule has 0 spiro atoms. The molecule has 1 aliphatic carbocycles. The Morgan fingerprint density at radius 3 is 3.33 bits per heavy atom. The number of nitrogens with one attached hydrogen (secondary N) is 2. The standard InChI is InChI=1S/C12H16N4OS/c1-13-7-11-15-16-12(17-11)14-9-3-2-4-10-8(9)5-6-18-10/h5-6,9,13H,2-4,7H2,1H3,(H,14,16). The maximum absolute atomic E-state index is 5.53. The summed E-state index contributed by atoms with van der Waals surface area (Å²) in [4.78, 5) is 1.48. The van der Waals surface area contributed by atoms with E-state index in [9.17, 15) is 0 Å². The highest BCUT2D eigenvalue weighted by Crippen LogP contribution is 2.35. The van der Waals surface area contributed by atoms with Crippen molar-refractivity contribution in [3.8, 4) is 0 Å². The van der Waals surface area contributed by atoms with Gasteiger partial charge in [0.2, 0.25) is 5.89 Å². The SMILES string of the molecule is CNCc1nnc(NC2CCCc3sccc32)o1. The molecule has 0 aliphatic heterocycles. The molecule has 3 rings (SSSR count). The Hall–Kier alpha value is -1.40. The van der Waals surface area contributed by atoms with Crippen LogP contribution >= 0.6 is 11.3 Å². The maximum Gasteiger partial charge on any atom is 0.315 e. The fourth-order valence-electron chi connectivity index (χ4n) is 2.32. The van der Waals surface area contributed by atoms with E-state index < -0.39 is 0 Å². The molecule has 2 aromatic rings. The lowest BCUT2D eigenvalue weighted by molar-refractivity contribution is 0.479. The van der Waals surface area contributed by atoms with E-state index >= 15 is 0 Å². The highest BCUT2D eigenvalue weighted by molar-refractivity contribution is 7.10. The van der Waals surface area contributed by atoms with Crippen LogP contribution < -0.4 is 10.6 Å². The largest absolute Gasteiger partial charge is 0.407 e. The van der Waals surface area contributed by atoms with Crippen molar-refractivity contribution in [2.45, 2.75) is 31.8 Å². The Morgan fingerprint density at radius 1 is 1.50 bits per heavy atom. The van der Waals surface area contributed by atoms with Gasteiger partial charge in [-0.1, -0.05) is 5.10 Å². The van der Waals surface area contributed by atoms with Gasteiger partial charge in [0.15, 0.2) is 0 Å². The Kier molecular flexibility index (Phi) is 3.29. The zero-order chi connectivity index (χ0) is 12.4. The topological polar surface area (TPSA) is 63.0 Å². The molecule has 1 aliphatic rings. The molecule has 96 valence electrons. The molecule has 2 N–H and O–H groups in total. The average Bonchev–Trinajstić information content (AvgIpc) is 2.99. The van der Waals surface area contributed by atoms with Gasteiger partial charge in [-0.3, -0.25) is 0 Å². The number of aryl methyl sites for hydroxylation is 1. The first-order valence-electron chi connectivity index (χ1n) is 6.16. The Labute approximate surface area is 110 Å². The molecule has 0 radical (unpaired) electrons. The number of hydrogen-bond donors (Lipinski definition) is 2. The molecule has 6 heteroatoms. The number of hydrogen-bond acceptors (Lipinski definition) is 6. The number of aromatic nitrogens is 2. The van der Waals surface area contributed by atoms with Gasteiger partial charge in [-0.15, -0.1) is 16.4 Å². The van der Waals surface area contributed by atoms with E-state index in [1.165, 1.54) is 23.3 Å². The van der Waals surface area contributed by atoms with Crippen LogP contribution in [0.1, 0.15) is 35.2 Å². The van der Waals surface area contributed by atoms with Crippen molar-refractivity contribution in [2.24, 2.45) is 0 Å². The molecule has 1 unspecified atom stereocenters. The van der Waals surface area contributed by atoms with Gasteiger partial charge in [0, 0.05) is 4.88 Å². The fraction of sp³-hybridized carbons (Fsp3) is 0.500. The number of nitrogens with zero attached hydrogens (tertiary/aromatic N) is 2. The summed E-state index contributed by atoms with van der Waals surface area (Å²) >= 11 is 1.84. The van der Waals surface area contributed by atoms with Crippen LogP contribution in [-0.2, 0) is 13.0 Å². The van der Waals surface area contributed by atoms with Crippen molar-refractivity contribution >= 4 is 17.4 Å². The molecule has 5 nitrogen and oxygen atoms in total. The lowest BCUT2D eigenvalue weighted by Gasteiger charge is -2.22. The first-order valence-corrected chi connectivity index (χ1v) is 7.04. The number of thiophene rings is 1. The van der Waals surface area contributed by atoms with E-state index in [-0.39, 0.29) is 0 Å². The third-order valence-corrected chi connectivity index (χ3v) is 4.14. The number of anilines is 1. The summed E-state index contributed by atoms with van der Waals surface area (Å²) < 4.78 is 5.53. The van der Waals surface area contributed by atoms with E-state index in [2.05, 4.69) is 32.3 Å². The smallest absolute Gasteiger partial charge is 0.315 e. The average molecular weight is 264 g/mol. The second-order valence-corrected chi connectivity index (χ2v) is 5.42. The summed E-state index contributed by atoms with van der Waals surface area (Å²) in [7, 11) is 1.86. The normalized spacial score (nSPS) is 18.6. The molecule has 0 saturated heterocycles. The Bertz CT molecular complexity index is 522. The zero-order valence-electron chi connectivity index (χ0n) is 10.3. The van der Waals surface area contributed by atoms with E-state index in [0.29, 0.717) is 24.5 Å². The van der Waals surface area contributed by atoms with Gasteiger partial charge >= 0.3 is 6.01 Å². The first-order chi connectivity index (χ1) is 8.86. The summed E-state index contributed by atoms with van der Waals surface area (Å²) in [5.41, 5.74) is 1.39. The minimum absolute atomic E-state index is 0.308. The van der Waals surface area contributed by atoms with Crippen LogP contribution in [0.2, 0.25) is 0 Å². The van der Waals surface area contributed by atoms with Crippen molar-refractivity contribution in [3.63, 3.8) is 0 Å². The van der Waals surface area contributed by atoms with Crippen molar-refractivity contribution in [2.75, 3.05) is 12.4 Å². The quantitative estimate of drug-likeness (QED) is 0.887. The van der Waals surface area contributed by atoms with Gasteiger partial charge in [0.25, 0.3) is 0 Å². The first kappa shape index (κ1) is 11.7. The molecule has 0 bridgehead atoms. The molecular formula is C12H16N4OS. The summed E-state index contributed by atoms with van der Waals surface area (Å²) in [5.74, 6) is 0.612. The summed E-state index contributed by atoms with van der Waals surface area (Å²) in [6.45, 7) is 0.600. The van der Waals surface area contributed by atoms with Crippen LogP contribution in [0.5, 0.6) is 0 Å². The van der Waals surface area contributed by atoms with Gasteiger partial charge in [-0.25, -0.2) is 0 Å². The van der Waals surface area contributed by atoms with Crippen LogP contribution in [-0.4, -0.2) is 17.2 Å². The monoisotopic (exact) mass is 264 g/mol. The summed E-state index contributed by atoms with van der Waals surface area (Å²) in [6, 6.07) is 3.02. The second kappa shape index (κ2) is 5.07. The highest BCUT2D eigenvalue weighted by atomic mass is 32.1. The van der Waals surface area contributed by atoms with Gasteiger partial charge in [-0.2, -0.15) is 0 Å². The van der Waals surface area contributed by atoms with Crippen LogP contribution in [0.25, 0.3) is 0 Å². The zero-order valence-corrected chi connectivity index (χ0v) is 11.1. The fourth-order valence-corrected chi connectivity index (χ4v) is 3.31. The van der Waals surface area contributed by atoms with Gasteiger partial charge in [0.1, 0.15) is 0 Å². The molecule has 2 heterocycles. The van der Waals surface area contributed by atoms with Crippen molar-refractivity contribution in [1.82, 2.24) is 15.5 Å². The van der Waals surface area contributed by atoms with E-state index in [0.717, 1.165) is 6.42 Å². The van der Waals surface area contributed by atoms with Crippen LogP contribution in [0, 0.1) is 0 Å². The van der Waals surface area contributed by atoms with Crippen LogP contribution in [0.3, 0.4) is 0 Å². The maximum atomic E-state index is 5.53. The molecular weight excluding hydrogens is 248 g/mol. The summed E-state index contributed by atoms with van der Waals surface area (Å²) in [6.07, 6.45) is 3.52. The molecule has 1 atom stereocenters. The van der Waals surface area contributed by atoms with Crippen molar-refractivity contribution < 1.29 is 4.42 Å².